The first kappa shape index (κ1) is 25.6. The highest BCUT2D eigenvalue weighted by Gasteiger charge is 2.30. The molecule has 5 heteroatoms. The maximum Gasteiger partial charge on any atom is 0.304 e. The van der Waals surface area contributed by atoms with Gasteiger partial charge < -0.3 is 14.9 Å². The largest absolute Gasteiger partial charge is 0.481 e. The van der Waals surface area contributed by atoms with E-state index in [1.165, 1.54) is 0 Å². The van der Waals surface area contributed by atoms with Gasteiger partial charge in [0.2, 0.25) is 0 Å². The summed E-state index contributed by atoms with van der Waals surface area (Å²) in [6, 6.07) is 19.7. The highest BCUT2D eigenvalue weighted by Crippen LogP contribution is 2.34. The van der Waals surface area contributed by atoms with Crippen molar-refractivity contribution in [3.8, 4) is 0 Å². The molecule has 0 saturated carbocycles. The van der Waals surface area contributed by atoms with Crippen molar-refractivity contribution in [3.63, 3.8) is 0 Å². The Morgan fingerprint density at radius 3 is 1.84 bits per heavy atom. The van der Waals surface area contributed by atoms with Crippen LogP contribution in [0.2, 0.25) is 0 Å². The van der Waals surface area contributed by atoms with Crippen LogP contribution in [0.3, 0.4) is 0 Å². The van der Waals surface area contributed by atoms with Crippen molar-refractivity contribution in [2.45, 2.75) is 75.7 Å². The van der Waals surface area contributed by atoms with Crippen LogP contribution in [0.15, 0.2) is 60.7 Å². The van der Waals surface area contributed by atoms with E-state index in [9.17, 15) is 19.8 Å². The lowest BCUT2D eigenvalue weighted by molar-refractivity contribution is -0.138. The summed E-state index contributed by atoms with van der Waals surface area (Å²) in [6.45, 7) is 4.86. The molecule has 0 heterocycles. The first-order chi connectivity index (χ1) is 15.3. The molecule has 3 atom stereocenters. The lowest BCUT2D eigenvalue weighted by Gasteiger charge is -2.30. The molecule has 0 spiro atoms. The van der Waals surface area contributed by atoms with Gasteiger partial charge in [0.05, 0.1) is 12.5 Å². The molecule has 0 fully saturated rings. The molecule has 32 heavy (non-hydrogen) atoms. The van der Waals surface area contributed by atoms with Crippen molar-refractivity contribution < 1.29 is 24.5 Å². The molecule has 0 amide bonds. The van der Waals surface area contributed by atoms with Crippen LogP contribution >= 0.6 is 0 Å². The number of aliphatic carboxylic acids is 1. The summed E-state index contributed by atoms with van der Waals surface area (Å²) in [6.07, 6.45) is 3.98. The van der Waals surface area contributed by atoms with Crippen molar-refractivity contribution in [1.82, 2.24) is 0 Å². The van der Waals surface area contributed by atoms with Crippen LogP contribution in [-0.4, -0.2) is 35.4 Å². The van der Waals surface area contributed by atoms with Gasteiger partial charge in [-0.1, -0.05) is 74.5 Å². The molecular weight excluding hydrogens is 404 g/mol. The van der Waals surface area contributed by atoms with Crippen molar-refractivity contribution in [2.75, 3.05) is 6.61 Å². The minimum Gasteiger partial charge on any atom is -0.481 e. The SMILES string of the molecule is CC(CCCC(O)CCCC(C)(CC(=O)O)c1ccccc1)(COC=O)c1ccccc1. The minimum absolute atomic E-state index is 0.0687. The second-order valence-electron chi connectivity index (χ2n) is 9.27. The quantitative estimate of drug-likeness (QED) is 0.370. The average Bonchev–Trinajstić information content (AvgIpc) is 2.78. The zero-order valence-electron chi connectivity index (χ0n) is 19.2. The number of carboxylic acids is 1. The van der Waals surface area contributed by atoms with Gasteiger partial charge >= 0.3 is 5.97 Å². The highest BCUT2D eigenvalue weighted by atomic mass is 16.5. The van der Waals surface area contributed by atoms with E-state index in [1.807, 2.05) is 67.6 Å². The van der Waals surface area contributed by atoms with Crippen LogP contribution in [-0.2, 0) is 25.2 Å². The summed E-state index contributed by atoms with van der Waals surface area (Å²) < 4.78 is 5.10. The fourth-order valence-electron chi connectivity index (χ4n) is 4.47. The van der Waals surface area contributed by atoms with Gasteiger partial charge in [-0.25, -0.2) is 0 Å². The standard InChI is InChI=1S/C27H36O5/c1-26(19-25(30)31,22-11-5-3-6-12-22)17-9-15-24(29)16-10-18-27(2,20-32-21-28)23-13-7-4-8-14-23/h3-8,11-14,21,24,29H,9-10,15-20H2,1-2H3,(H,30,31). The molecule has 0 radical (unpaired) electrons. The van der Waals surface area contributed by atoms with Crippen LogP contribution in [0.4, 0.5) is 0 Å². The summed E-state index contributed by atoms with van der Waals surface area (Å²) >= 11 is 0. The Kier molecular flexibility index (Phi) is 9.92. The van der Waals surface area contributed by atoms with E-state index in [0.29, 0.717) is 32.3 Å². The summed E-state index contributed by atoms with van der Waals surface area (Å²) in [4.78, 5) is 22.2. The van der Waals surface area contributed by atoms with Crippen molar-refractivity contribution in [1.29, 1.82) is 0 Å². The van der Waals surface area contributed by atoms with Crippen LogP contribution in [0.5, 0.6) is 0 Å². The van der Waals surface area contributed by atoms with Gasteiger partial charge in [-0.05, 0) is 49.7 Å². The van der Waals surface area contributed by atoms with Gasteiger partial charge in [-0.2, -0.15) is 0 Å². The van der Waals surface area contributed by atoms with Crippen LogP contribution in [0.25, 0.3) is 0 Å². The molecule has 0 aromatic heterocycles. The molecule has 3 unspecified atom stereocenters. The number of carbonyl (C=O) groups excluding carboxylic acids is 1. The number of rotatable bonds is 15. The van der Waals surface area contributed by atoms with Gasteiger partial charge in [0.15, 0.2) is 0 Å². The summed E-state index contributed by atoms with van der Waals surface area (Å²) in [5.74, 6) is -0.811. The Balaban J connectivity index is 1.87. The van der Waals surface area contributed by atoms with Gasteiger partial charge in [-0.15, -0.1) is 0 Å². The number of hydrogen-bond acceptors (Lipinski definition) is 4. The number of carbonyl (C=O) groups is 2. The molecule has 0 aliphatic heterocycles. The van der Waals surface area contributed by atoms with Crippen molar-refractivity contribution in [2.24, 2.45) is 0 Å². The third-order valence-electron chi connectivity index (χ3n) is 6.48. The number of ether oxygens (including phenoxy) is 1. The van der Waals surface area contributed by atoms with Crippen molar-refractivity contribution >= 4 is 12.4 Å². The van der Waals surface area contributed by atoms with Gasteiger partial charge in [0.25, 0.3) is 6.47 Å². The molecule has 5 nitrogen and oxygen atoms in total. The van der Waals surface area contributed by atoms with Crippen LogP contribution < -0.4 is 0 Å². The predicted molar refractivity (Wildman–Crippen MR) is 126 cm³/mol. The summed E-state index contributed by atoms with van der Waals surface area (Å²) in [5, 5.41) is 19.9. The van der Waals surface area contributed by atoms with E-state index in [0.717, 1.165) is 30.4 Å². The van der Waals surface area contributed by atoms with E-state index >= 15 is 0 Å². The molecule has 2 aromatic carbocycles. The Hall–Kier alpha value is -2.66. The van der Waals surface area contributed by atoms with Gasteiger partial charge in [0, 0.05) is 10.8 Å². The molecular formula is C27H36O5. The molecule has 2 N–H and O–H groups in total. The van der Waals surface area contributed by atoms with Crippen molar-refractivity contribution in [3.05, 3.63) is 71.8 Å². The maximum absolute atomic E-state index is 11.4. The van der Waals surface area contributed by atoms with E-state index < -0.39 is 17.5 Å². The third-order valence-corrected chi connectivity index (χ3v) is 6.48. The molecule has 0 aliphatic rings. The fourth-order valence-corrected chi connectivity index (χ4v) is 4.47. The molecule has 0 saturated heterocycles. The van der Waals surface area contributed by atoms with Gasteiger partial charge in [-0.3, -0.25) is 9.59 Å². The predicted octanol–water partition coefficient (Wildman–Crippen LogP) is 5.25. The summed E-state index contributed by atoms with van der Waals surface area (Å²) in [7, 11) is 0. The van der Waals surface area contributed by atoms with E-state index in [4.69, 9.17) is 4.74 Å². The van der Waals surface area contributed by atoms with E-state index in [2.05, 4.69) is 6.92 Å². The summed E-state index contributed by atoms with van der Waals surface area (Å²) in [5.41, 5.74) is 1.38. The van der Waals surface area contributed by atoms with E-state index in [1.54, 1.807) is 0 Å². The zero-order chi connectivity index (χ0) is 23.5. The number of carboxylic acid groups (broad SMARTS) is 1. The smallest absolute Gasteiger partial charge is 0.304 e. The average molecular weight is 441 g/mol. The normalized spacial score (nSPS) is 15.8. The molecule has 0 bridgehead atoms. The second kappa shape index (κ2) is 12.4. The molecule has 2 rings (SSSR count). The number of aliphatic hydroxyl groups is 1. The fraction of sp³-hybridized carbons (Fsp3) is 0.481. The Morgan fingerprint density at radius 2 is 1.38 bits per heavy atom. The Morgan fingerprint density at radius 1 is 0.906 bits per heavy atom. The van der Waals surface area contributed by atoms with Gasteiger partial charge in [0.1, 0.15) is 6.61 Å². The van der Waals surface area contributed by atoms with Crippen LogP contribution in [0.1, 0.15) is 69.9 Å². The third kappa shape index (κ3) is 7.79. The topological polar surface area (TPSA) is 83.8 Å². The Labute approximate surface area is 191 Å². The van der Waals surface area contributed by atoms with Crippen LogP contribution in [0, 0.1) is 0 Å². The second-order valence-corrected chi connectivity index (χ2v) is 9.27. The first-order valence-electron chi connectivity index (χ1n) is 11.4. The lowest BCUT2D eigenvalue weighted by Crippen LogP contribution is -2.29. The minimum atomic E-state index is -0.811. The first-order valence-corrected chi connectivity index (χ1v) is 11.4. The zero-order valence-corrected chi connectivity index (χ0v) is 19.2. The van der Waals surface area contributed by atoms with E-state index in [-0.39, 0.29) is 11.8 Å². The monoisotopic (exact) mass is 440 g/mol. The number of benzene rings is 2. The molecule has 174 valence electrons. The lowest BCUT2D eigenvalue weighted by atomic mass is 9.75. The molecule has 0 aliphatic carbocycles. The number of hydrogen-bond donors (Lipinski definition) is 2. The number of aliphatic hydroxyl groups excluding tert-OH is 1. The Bertz CT molecular complexity index is 822. The maximum atomic E-state index is 11.4. The molecule has 2 aromatic rings. The highest BCUT2D eigenvalue weighted by molar-refractivity contribution is 5.69.